The molecule has 170 valence electrons. The van der Waals surface area contributed by atoms with Gasteiger partial charge in [-0.15, -0.1) is 0 Å². The lowest BCUT2D eigenvalue weighted by molar-refractivity contribution is 0.0526. The third-order valence-corrected chi connectivity index (χ3v) is 7.10. The highest BCUT2D eigenvalue weighted by atomic mass is 19.1. The SMILES string of the molecule is CCOC(=O)c1ccc2[nH]c([C@H](C)C3CCC(c4ccnc5ccc(F)cc45)CC3)nc2c1. The molecule has 0 radical (unpaired) electrons. The number of imidazole rings is 1. The molecule has 0 bridgehead atoms. The average Bonchev–Trinajstić information content (AvgIpc) is 3.27. The molecule has 1 fully saturated rings. The van der Waals surface area contributed by atoms with Crippen molar-refractivity contribution in [3.05, 3.63) is 71.4 Å². The number of carbonyl (C=O) groups is 1. The Morgan fingerprint density at radius 2 is 1.94 bits per heavy atom. The van der Waals surface area contributed by atoms with Crippen LogP contribution in [0.15, 0.2) is 48.7 Å². The van der Waals surface area contributed by atoms with Crippen molar-refractivity contribution < 1.29 is 13.9 Å². The number of hydrogen-bond donors (Lipinski definition) is 1. The molecule has 0 amide bonds. The Morgan fingerprint density at radius 1 is 1.12 bits per heavy atom. The molecule has 0 aliphatic heterocycles. The fourth-order valence-electron chi connectivity index (χ4n) is 5.23. The molecule has 6 heteroatoms. The fraction of sp³-hybridized carbons (Fsp3) is 0.370. The fourth-order valence-corrected chi connectivity index (χ4v) is 5.23. The normalized spacial score (nSPS) is 19.6. The van der Waals surface area contributed by atoms with E-state index >= 15 is 0 Å². The van der Waals surface area contributed by atoms with Crippen LogP contribution in [0.25, 0.3) is 21.9 Å². The molecule has 5 rings (SSSR count). The van der Waals surface area contributed by atoms with Gasteiger partial charge < -0.3 is 9.72 Å². The summed E-state index contributed by atoms with van der Waals surface area (Å²) >= 11 is 0. The van der Waals surface area contributed by atoms with Crippen molar-refractivity contribution in [2.45, 2.75) is 51.4 Å². The summed E-state index contributed by atoms with van der Waals surface area (Å²) in [4.78, 5) is 24.7. The number of halogens is 1. The van der Waals surface area contributed by atoms with E-state index < -0.39 is 0 Å². The Kier molecular flexibility index (Phi) is 5.83. The minimum absolute atomic E-state index is 0.213. The summed E-state index contributed by atoms with van der Waals surface area (Å²) in [7, 11) is 0. The van der Waals surface area contributed by atoms with Crippen LogP contribution < -0.4 is 0 Å². The standard InChI is InChI=1S/C27H28FN3O2/c1-3-33-27(32)19-8-10-24-25(14-19)31-26(30-24)16(2)17-4-6-18(7-5-17)21-12-13-29-23-11-9-20(28)15-22(21)23/h8-18H,3-7H2,1-2H3,(H,30,31)/t16-,17?,18?/m1/s1. The summed E-state index contributed by atoms with van der Waals surface area (Å²) in [6.45, 7) is 4.38. The number of carbonyl (C=O) groups excluding carboxylic acids is 1. The number of H-pyrrole nitrogens is 1. The second-order valence-corrected chi connectivity index (χ2v) is 9.04. The van der Waals surface area contributed by atoms with Crippen LogP contribution in [0.2, 0.25) is 0 Å². The minimum atomic E-state index is -0.321. The zero-order chi connectivity index (χ0) is 22.9. The number of nitrogens with one attached hydrogen (secondary N) is 1. The van der Waals surface area contributed by atoms with Crippen LogP contribution in [0, 0.1) is 11.7 Å². The Labute approximate surface area is 192 Å². The Bertz CT molecular complexity index is 1310. The van der Waals surface area contributed by atoms with Gasteiger partial charge in [0.05, 0.1) is 28.7 Å². The molecule has 33 heavy (non-hydrogen) atoms. The lowest BCUT2D eigenvalue weighted by atomic mass is 9.73. The minimum Gasteiger partial charge on any atom is -0.462 e. The Morgan fingerprint density at radius 3 is 2.73 bits per heavy atom. The number of rotatable bonds is 5. The van der Waals surface area contributed by atoms with Crippen LogP contribution in [0.1, 0.15) is 73.1 Å². The Hall–Kier alpha value is -3.28. The second-order valence-electron chi connectivity index (χ2n) is 9.04. The summed E-state index contributed by atoms with van der Waals surface area (Å²) in [6.07, 6.45) is 6.16. The van der Waals surface area contributed by atoms with Crippen LogP contribution in [0.5, 0.6) is 0 Å². The zero-order valence-corrected chi connectivity index (χ0v) is 19.0. The van der Waals surface area contributed by atoms with Gasteiger partial charge in [-0.1, -0.05) is 6.92 Å². The number of aromatic amines is 1. The van der Waals surface area contributed by atoms with Crippen molar-refractivity contribution in [3.63, 3.8) is 0 Å². The van der Waals surface area contributed by atoms with E-state index in [0.717, 1.165) is 53.4 Å². The summed E-state index contributed by atoms with van der Waals surface area (Å²) in [5.74, 6) is 1.66. The second kappa shape index (κ2) is 8.93. The van der Waals surface area contributed by atoms with Crippen molar-refractivity contribution in [1.29, 1.82) is 0 Å². The zero-order valence-electron chi connectivity index (χ0n) is 19.0. The molecule has 1 atom stereocenters. The van der Waals surface area contributed by atoms with Gasteiger partial charge in [0.1, 0.15) is 11.6 Å². The summed E-state index contributed by atoms with van der Waals surface area (Å²) in [5.41, 5.74) is 4.32. The predicted molar refractivity (Wildman–Crippen MR) is 127 cm³/mol. The number of aromatic nitrogens is 3. The van der Waals surface area contributed by atoms with Crippen molar-refractivity contribution in [1.82, 2.24) is 15.0 Å². The van der Waals surface area contributed by atoms with E-state index in [1.807, 2.05) is 12.3 Å². The van der Waals surface area contributed by atoms with E-state index in [-0.39, 0.29) is 17.7 Å². The van der Waals surface area contributed by atoms with Gasteiger partial charge in [0, 0.05) is 17.5 Å². The number of benzene rings is 2. The first-order valence-corrected chi connectivity index (χ1v) is 11.7. The van der Waals surface area contributed by atoms with Crippen molar-refractivity contribution in [2.24, 2.45) is 5.92 Å². The van der Waals surface area contributed by atoms with Crippen LogP contribution in [-0.4, -0.2) is 27.5 Å². The number of hydrogen-bond acceptors (Lipinski definition) is 4. The molecule has 5 nitrogen and oxygen atoms in total. The molecule has 0 spiro atoms. The Balaban J connectivity index is 1.31. The highest BCUT2D eigenvalue weighted by Crippen LogP contribution is 2.43. The van der Waals surface area contributed by atoms with E-state index in [1.54, 1.807) is 31.2 Å². The van der Waals surface area contributed by atoms with E-state index in [1.165, 1.54) is 11.6 Å². The van der Waals surface area contributed by atoms with Gasteiger partial charge in [-0.3, -0.25) is 4.98 Å². The third kappa shape index (κ3) is 4.22. The van der Waals surface area contributed by atoms with Gasteiger partial charge >= 0.3 is 5.97 Å². The molecule has 1 N–H and O–H groups in total. The van der Waals surface area contributed by atoms with Crippen LogP contribution in [-0.2, 0) is 4.74 Å². The molecular formula is C27H28FN3O2. The first-order valence-electron chi connectivity index (χ1n) is 11.7. The number of ether oxygens (including phenoxy) is 1. The van der Waals surface area contributed by atoms with Gasteiger partial charge in [0.2, 0.25) is 0 Å². The maximum atomic E-state index is 13.9. The van der Waals surface area contributed by atoms with Crippen molar-refractivity contribution in [2.75, 3.05) is 6.61 Å². The van der Waals surface area contributed by atoms with E-state index in [0.29, 0.717) is 24.0 Å². The monoisotopic (exact) mass is 445 g/mol. The number of pyridine rings is 1. The molecule has 2 heterocycles. The highest BCUT2D eigenvalue weighted by Gasteiger charge is 2.29. The van der Waals surface area contributed by atoms with Gasteiger partial charge in [0.15, 0.2) is 0 Å². The third-order valence-electron chi connectivity index (χ3n) is 7.10. The van der Waals surface area contributed by atoms with E-state index in [9.17, 15) is 9.18 Å². The lowest BCUT2D eigenvalue weighted by Crippen LogP contribution is -2.19. The predicted octanol–water partition coefficient (Wildman–Crippen LogP) is 6.50. The maximum Gasteiger partial charge on any atom is 0.338 e. The number of fused-ring (bicyclic) bond motifs is 2. The van der Waals surface area contributed by atoms with Crippen molar-refractivity contribution in [3.8, 4) is 0 Å². The van der Waals surface area contributed by atoms with Gasteiger partial charge in [-0.05, 0) is 92.5 Å². The summed E-state index contributed by atoms with van der Waals surface area (Å²) in [5, 5.41) is 0.934. The molecular weight excluding hydrogens is 417 g/mol. The topological polar surface area (TPSA) is 67.9 Å². The summed E-state index contributed by atoms with van der Waals surface area (Å²) in [6, 6.07) is 12.4. The van der Waals surface area contributed by atoms with Crippen molar-refractivity contribution >= 4 is 27.9 Å². The number of nitrogens with zero attached hydrogens (tertiary/aromatic N) is 2. The lowest BCUT2D eigenvalue weighted by Gasteiger charge is -2.32. The van der Waals surface area contributed by atoms with E-state index in [4.69, 9.17) is 9.72 Å². The van der Waals surface area contributed by atoms with E-state index in [2.05, 4.69) is 23.0 Å². The maximum absolute atomic E-state index is 13.9. The molecule has 0 unspecified atom stereocenters. The van der Waals surface area contributed by atoms with Crippen LogP contribution in [0.4, 0.5) is 4.39 Å². The van der Waals surface area contributed by atoms with Gasteiger partial charge in [0.25, 0.3) is 0 Å². The summed E-state index contributed by atoms with van der Waals surface area (Å²) < 4.78 is 19.0. The first-order chi connectivity index (χ1) is 16.0. The highest BCUT2D eigenvalue weighted by molar-refractivity contribution is 5.93. The number of esters is 1. The quantitative estimate of drug-likeness (QED) is 0.356. The van der Waals surface area contributed by atoms with Gasteiger partial charge in [-0.25, -0.2) is 14.2 Å². The largest absolute Gasteiger partial charge is 0.462 e. The molecule has 1 aliphatic rings. The molecule has 1 saturated carbocycles. The molecule has 1 aliphatic carbocycles. The average molecular weight is 446 g/mol. The molecule has 2 aromatic heterocycles. The van der Waals surface area contributed by atoms with Crippen LogP contribution in [0.3, 0.4) is 0 Å². The smallest absolute Gasteiger partial charge is 0.338 e. The molecule has 0 saturated heterocycles. The molecule has 4 aromatic rings. The van der Waals surface area contributed by atoms with Gasteiger partial charge in [-0.2, -0.15) is 0 Å². The molecule has 2 aromatic carbocycles. The first kappa shape index (κ1) is 21.6. The van der Waals surface area contributed by atoms with Crippen LogP contribution >= 0.6 is 0 Å².